The van der Waals surface area contributed by atoms with Crippen molar-refractivity contribution in [3.05, 3.63) is 84.2 Å². The number of hydrogen-bond donors (Lipinski definition) is 1. The number of amides is 1. The summed E-state index contributed by atoms with van der Waals surface area (Å²) in [6.45, 7) is 0.254. The smallest absolute Gasteiger partial charge is 0.270 e. The van der Waals surface area contributed by atoms with Crippen LogP contribution < -0.4 is 5.32 Å². The van der Waals surface area contributed by atoms with E-state index < -0.39 is 10.8 Å². The highest BCUT2D eigenvalue weighted by molar-refractivity contribution is 7.16. The van der Waals surface area contributed by atoms with Crippen LogP contribution in [0.4, 0.5) is 5.69 Å². The van der Waals surface area contributed by atoms with Gasteiger partial charge in [-0.25, -0.2) is 0 Å². The molecule has 25 heavy (non-hydrogen) atoms. The first kappa shape index (κ1) is 17.0. The van der Waals surface area contributed by atoms with Crippen LogP contribution in [0.25, 0.3) is 0 Å². The quantitative estimate of drug-likeness (QED) is 0.404. The van der Waals surface area contributed by atoms with Gasteiger partial charge in [-0.2, -0.15) is 0 Å². The molecule has 1 N–H and O–H groups in total. The molecule has 0 bridgehead atoms. The largest absolute Gasteiger partial charge is 0.347 e. The molecular weight excluding hydrogens is 360 g/mol. The van der Waals surface area contributed by atoms with Crippen molar-refractivity contribution in [2.45, 2.75) is 6.54 Å². The molecule has 0 unspecified atom stereocenters. The summed E-state index contributed by atoms with van der Waals surface area (Å²) >= 11 is 2.71. The first-order valence-corrected chi connectivity index (χ1v) is 8.94. The van der Waals surface area contributed by atoms with Gasteiger partial charge in [-0.05, 0) is 29.6 Å². The van der Waals surface area contributed by atoms with Crippen molar-refractivity contribution in [3.8, 4) is 0 Å². The van der Waals surface area contributed by atoms with E-state index in [-0.39, 0.29) is 23.6 Å². The Morgan fingerprint density at radius 2 is 1.92 bits per heavy atom. The zero-order valence-electron chi connectivity index (χ0n) is 12.8. The second kappa shape index (κ2) is 7.37. The van der Waals surface area contributed by atoms with E-state index in [0.717, 1.165) is 4.88 Å². The molecule has 0 atom stereocenters. The van der Waals surface area contributed by atoms with Crippen LogP contribution in [0, 0.1) is 10.1 Å². The Kier molecular flexibility index (Phi) is 5.01. The topological polar surface area (TPSA) is 89.3 Å². The Morgan fingerprint density at radius 3 is 2.64 bits per heavy atom. The van der Waals surface area contributed by atoms with Gasteiger partial charge >= 0.3 is 0 Å². The summed E-state index contributed by atoms with van der Waals surface area (Å²) in [6, 6.07) is 12.7. The first-order valence-electron chi connectivity index (χ1n) is 7.24. The van der Waals surface area contributed by atoms with E-state index in [1.165, 1.54) is 46.9 Å². The van der Waals surface area contributed by atoms with Crippen LogP contribution in [0.1, 0.15) is 29.8 Å². The normalized spacial score (nSPS) is 10.4. The van der Waals surface area contributed by atoms with E-state index in [1.54, 1.807) is 18.2 Å². The number of hydrogen-bond acceptors (Lipinski definition) is 6. The second-order valence-electron chi connectivity index (χ2n) is 5.06. The first-order chi connectivity index (χ1) is 12.0. The second-order valence-corrected chi connectivity index (χ2v) is 7.18. The number of nitro benzene ring substituents is 1. The molecule has 0 aliphatic carbocycles. The number of non-ortho nitro benzene ring substituents is 1. The van der Waals surface area contributed by atoms with Crippen molar-refractivity contribution in [2.24, 2.45) is 0 Å². The lowest BCUT2D eigenvalue weighted by molar-refractivity contribution is -0.384. The number of benzene rings is 1. The van der Waals surface area contributed by atoms with Crippen molar-refractivity contribution in [3.63, 3.8) is 0 Å². The number of carbonyl (C=O) groups excluding carboxylic acids is 2. The third kappa shape index (κ3) is 3.98. The summed E-state index contributed by atoms with van der Waals surface area (Å²) < 4.78 is 0. The molecule has 0 aliphatic rings. The van der Waals surface area contributed by atoms with Gasteiger partial charge in [-0.3, -0.25) is 19.7 Å². The number of carbonyl (C=O) groups is 2. The SMILES string of the molecule is O=C(NCc1ccc(C(=O)c2cccs2)s1)c1cccc([N+](=O)[O-])c1. The molecular formula is C17H12N2O4S2. The fourth-order valence-corrected chi connectivity index (χ4v) is 3.80. The molecule has 3 aromatic rings. The molecule has 0 saturated heterocycles. The van der Waals surface area contributed by atoms with E-state index in [0.29, 0.717) is 9.75 Å². The number of nitrogens with zero attached hydrogens (tertiary/aromatic N) is 1. The van der Waals surface area contributed by atoms with Gasteiger partial charge in [0, 0.05) is 22.6 Å². The molecule has 8 heteroatoms. The monoisotopic (exact) mass is 372 g/mol. The summed E-state index contributed by atoms with van der Waals surface area (Å²) in [4.78, 5) is 36.7. The fourth-order valence-electron chi connectivity index (χ4n) is 2.15. The van der Waals surface area contributed by atoms with Crippen molar-refractivity contribution in [1.82, 2.24) is 5.32 Å². The van der Waals surface area contributed by atoms with Crippen molar-refractivity contribution in [2.75, 3.05) is 0 Å². The standard InChI is InChI=1S/C17H12N2O4S2/c20-16(14-5-2-8-24-14)15-7-6-13(25-15)10-18-17(21)11-3-1-4-12(9-11)19(22)23/h1-9H,10H2,(H,18,21). The number of ketones is 1. The average molecular weight is 372 g/mol. The van der Waals surface area contributed by atoms with Crippen LogP contribution in [0.5, 0.6) is 0 Å². The maximum absolute atomic E-state index is 12.3. The summed E-state index contributed by atoms with van der Waals surface area (Å²) in [7, 11) is 0. The van der Waals surface area contributed by atoms with Crippen LogP contribution in [0.2, 0.25) is 0 Å². The third-order valence-corrected chi connectivity index (χ3v) is 5.33. The van der Waals surface area contributed by atoms with E-state index in [4.69, 9.17) is 0 Å². The number of rotatable bonds is 6. The van der Waals surface area contributed by atoms with Gasteiger partial charge in [-0.1, -0.05) is 12.1 Å². The lowest BCUT2D eigenvalue weighted by atomic mass is 10.2. The van der Waals surface area contributed by atoms with Crippen molar-refractivity contribution >= 4 is 40.1 Å². The molecule has 0 spiro atoms. The number of nitro groups is 1. The van der Waals surface area contributed by atoms with Gasteiger partial charge in [0.05, 0.1) is 21.2 Å². The Hall–Kier alpha value is -2.84. The zero-order chi connectivity index (χ0) is 17.8. The van der Waals surface area contributed by atoms with E-state index in [2.05, 4.69) is 5.32 Å². The van der Waals surface area contributed by atoms with Gasteiger partial charge in [0.2, 0.25) is 5.78 Å². The Balaban J connectivity index is 1.64. The third-order valence-electron chi connectivity index (χ3n) is 3.37. The Morgan fingerprint density at radius 1 is 1.08 bits per heavy atom. The molecule has 2 heterocycles. The summed E-state index contributed by atoms with van der Waals surface area (Å²) in [5.74, 6) is -0.431. The van der Waals surface area contributed by atoms with Crippen molar-refractivity contribution < 1.29 is 14.5 Å². The maximum Gasteiger partial charge on any atom is 0.270 e. The maximum atomic E-state index is 12.3. The van der Waals surface area contributed by atoms with Crippen LogP contribution in [0.15, 0.2) is 53.9 Å². The summed E-state index contributed by atoms with van der Waals surface area (Å²) in [6.07, 6.45) is 0. The molecule has 1 aromatic carbocycles. The molecule has 126 valence electrons. The molecule has 1 amide bonds. The van der Waals surface area contributed by atoms with Crippen LogP contribution in [-0.2, 0) is 6.54 Å². The minimum atomic E-state index is -0.543. The number of thiophene rings is 2. The highest BCUT2D eigenvalue weighted by Crippen LogP contribution is 2.22. The Bertz CT molecular complexity index is 932. The zero-order valence-corrected chi connectivity index (χ0v) is 14.4. The van der Waals surface area contributed by atoms with Gasteiger partial charge in [0.1, 0.15) is 0 Å². The minimum Gasteiger partial charge on any atom is -0.347 e. The highest BCUT2D eigenvalue weighted by Gasteiger charge is 2.14. The van der Waals surface area contributed by atoms with Gasteiger partial charge in [0.25, 0.3) is 11.6 Å². The lowest BCUT2D eigenvalue weighted by Gasteiger charge is -2.03. The summed E-state index contributed by atoms with van der Waals surface area (Å²) in [5, 5.41) is 15.3. The molecule has 3 rings (SSSR count). The van der Waals surface area contributed by atoms with Gasteiger partial charge < -0.3 is 5.32 Å². The lowest BCUT2D eigenvalue weighted by Crippen LogP contribution is -2.22. The minimum absolute atomic E-state index is 0.0312. The molecule has 0 aliphatic heterocycles. The predicted molar refractivity (Wildman–Crippen MR) is 96.3 cm³/mol. The van der Waals surface area contributed by atoms with Crippen LogP contribution in [-0.4, -0.2) is 16.6 Å². The van der Waals surface area contributed by atoms with E-state index >= 15 is 0 Å². The van der Waals surface area contributed by atoms with Crippen molar-refractivity contribution in [1.29, 1.82) is 0 Å². The molecule has 0 radical (unpaired) electrons. The molecule has 6 nitrogen and oxygen atoms in total. The van der Waals surface area contributed by atoms with E-state index in [9.17, 15) is 19.7 Å². The molecule has 0 fully saturated rings. The Labute approximate surface area is 150 Å². The molecule has 2 aromatic heterocycles. The van der Waals surface area contributed by atoms with Crippen LogP contribution in [0.3, 0.4) is 0 Å². The van der Waals surface area contributed by atoms with Gasteiger partial charge in [0.15, 0.2) is 0 Å². The fraction of sp³-hybridized carbons (Fsp3) is 0.0588. The number of nitrogens with one attached hydrogen (secondary N) is 1. The average Bonchev–Trinajstić information content (AvgIpc) is 3.31. The van der Waals surface area contributed by atoms with Gasteiger partial charge in [-0.15, -0.1) is 22.7 Å². The van der Waals surface area contributed by atoms with E-state index in [1.807, 2.05) is 11.4 Å². The predicted octanol–water partition coefficient (Wildman–Crippen LogP) is 3.88. The highest BCUT2D eigenvalue weighted by atomic mass is 32.1. The summed E-state index contributed by atoms with van der Waals surface area (Å²) in [5.41, 5.74) is 0.0910. The molecule has 0 saturated carbocycles. The van der Waals surface area contributed by atoms with Crippen LogP contribution >= 0.6 is 22.7 Å².